The van der Waals surface area contributed by atoms with Gasteiger partial charge >= 0.3 is 6.85 Å². The SMILES string of the molecule is c1ccc2c(c1)B1c3cccc4c3-[n+]3c(c5ccccc5n3C4)N1c1ccccc1-2. The lowest BCUT2D eigenvalue weighted by molar-refractivity contribution is -0.660. The summed E-state index contributed by atoms with van der Waals surface area (Å²) in [5, 5.41) is 1.32. The fraction of sp³-hybridized carbons (Fsp3) is 0.0385. The Morgan fingerprint density at radius 3 is 2.43 bits per heavy atom. The second-order valence-electron chi connectivity index (χ2n) is 8.44. The minimum atomic E-state index is 0.184. The summed E-state index contributed by atoms with van der Waals surface area (Å²) in [7, 11) is 0. The van der Waals surface area contributed by atoms with Gasteiger partial charge in [0.25, 0.3) is 5.82 Å². The molecular weight excluding hydrogens is 365 g/mol. The van der Waals surface area contributed by atoms with Crippen molar-refractivity contribution in [1.29, 1.82) is 0 Å². The van der Waals surface area contributed by atoms with Gasteiger partial charge in [-0.1, -0.05) is 72.8 Å². The fourth-order valence-corrected chi connectivity index (χ4v) is 5.93. The molecule has 0 atom stereocenters. The highest BCUT2D eigenvalue weighted by molar-refractivity contribution is 6.91. The molecule has 1 aromatic heterocycles. The molecule has 0 bridgehead atoms. The van der Waals surface area contributed by atoms with E-state index in [2.05, 4.69) is 105 Å². The number of para-hydroxylation sites is 3. The summed E-state index contributed by atoms with van der Waals surface area (Å²) >= 11 is 0. The number of benzene rings is 4. The molecule has 3 aliphatic rings. The van der Waals surface area contributed by atoms with Crippen molar-refractivity contribution in [2.24, 2.45) is 0 Å². The van der Waals surface area contributed by atoms with Crippen LogP contribution in [0.25, 0.3) is 27.7 Å². The van der Waals surface area contributed by atoms with Gasteiger partial charge in [-0.05, 0) is 29.2 Å². The molecule has 0 radical (unpaired) electrons. The van der Waals surface area contributed by atoms with E-state index in [9.17, 15) is 0 Å². The van der Waals surface area contributed by atoms with Crippen molar-refractivity contribution >= 4 is 40.2 Å². The van der Waals surface area contributed by atoms with Crippen LogP contribution in [-0.4, -0.2) is 11.5 Å². The highest BCUT2D eigenvalue weighted by atomic mass is 15.5. The van der Waals surface area contributed by atoms with E-state index in [0.717, 1.165) is 6.54 Å². The molecule has 0 amide bonds. The molecule has 0 aliphatic carbocycles. The van der Waals surface area contributed by atoms with E-state index in [1.165, 1.54) is 55.7 Å². The number of nitrogens with zero attached hydrogens (tertiary/aromatic N) is 3. The van der Waals surface area contributed by atoms with Gasteiger partial charge in [0, 0.05) is 16.6 Å². The first kappa shape index (κ1) is 15.1. The second-order valence-corrected chi connectivity index (χ2v) is 8.44. The zero-order valence-electron chi connectivity index (χ0n) is 16.3. The Kier molecular flexibility index (Phi) is 2.53. The molecule has 4 heterocycles. The molecule has 0 spiro atoms. The van der Waals surface area contributed by atoms with Crippen LogP contribution in [0.15, 0.2) is 91.0 Å². The van der Waals surface area contributed by atoms with E-state index < -0.39 is 0 Å². The summed E-state index contributed by atoms with van der Waals surface area (Å²) < 4.78 is 4.91. The van der Waals surface area contributed by atoms with Crippen molar-refractivity contribution in [2.75, 3.05) is 4.81 Å². The van der Waals surface area contributed by atoms with E-state index >= 15 is 0 Å². The van der Waals surface area contributed by atoms with Gasteiger partial charge in [0.05, 0.1) is 17.4 Å². The van der Waals surface area contributed by atoms with Crippen LogP contribution in [0.2, 0.25) is 0 Å². The van der Waals surface area contributed by atoms with Gasteiger partial charge in [0.2, 0.25) is 0 Å². The molecule has 0 N–H and O–H groups in total. The van der Waals surface area contributed by atoms with Crippen molar-refractivity contribution in [2.45, 2.75) is 6.54 Å². The van der Waals surface area contributed by atoms with Crippen LogP contribution in [0, 0.1) is 0 Å². The maximum absolute atomic E-state index is 2.58. The maximum atomic E-state index is 2.58. The van der Waals surface area contributed by atoms with Gasteiger partial charge in [0.1, 0.15) is 5.69 Å². The van der Waals surface area contributed by atoms with Crippen LogP contribution in [0.3, 0.4) is 0 Å². The first-order valence-electron chi connectivity index (χ1n) is 10.5. The normalized spacial score (nSPS) is 14.4. The minimum absolute atomic E-state index is 0.184. The monoisotopic (exact) mass is 382 g/mol. The number of hydrogen-bond donors (Lipinski definition) is 0. The summed E-state index contributed by atoms with van der Waals surface area (Å²) in [6.07, 6.45) is 0. The van der Waals surface area contributed by atoms with Gasteiger partial charge in [-0.2, -0.15) is 0 Å². The summed E-state index contributed by atoms with van der Waals surface area (Å²) in [5.41, 5.74) is 10.8. The third-order valence-corrected chi connectivity index (χ3v) is 7.04. The van der Waals surface area contributed by atoms with Crippen molar-refractivity contribution in [3.63, 3.8) is 0 Å². The molecule has 0 saturated carbocycles. The molecule has 3 aliphatic heterocycles. The van der Waals surface area contributed by atoms with Gasteiger partial charge in [-0.3, -0.25) is 4.81 Å². The highest BCUT2D eigenvalue weighted by Crippen LogP contribution is 2.44. The van der Waals surface area contributed by atoms with Gasteiger partial charge in [0.15, 0.2) is 5.69 Å². The van der Waals surface area contributed by atoms with E-state index in [0.29, 0.717) is 0 Å². The first-order chi connectivity index (χ1) is 14.9. The predicted octanol–water partition coefficient (Wildman–Crippen LogP) is 3.52. The molecule has 0 unspecified atom stereocenters. The second kappa shape index (κ2) is 5.03. The van der Waals surface area contributed by atoms with E-state index in [-0.39, 0.29) is 6.85 Å². The summed E-state index contributed by atoms with van der Waals surface area (Å²) in [5.74, 6) is 1.29. The van der Waals surface area contributed by atoms with Crippen molar-refractivity contribution in [3.05, 3.63) is 96.6 Å². The van der Waals surface area contributed by atoms with Crippen LogP contribution >= 0.6 is 0 Å². The molecule has 138 valence electrons. The first-order valence-corrected chi connectivity index (χ1v) is 10.5. The van der Waals surface area contributed by atoms with E-state index in [1.54, 1.807) is 0 Å². The molecule has 30 heavy (non-hydrogen) atoms. The van der Waals surface area contributed by atoms with Crippen LogP contribution < -0.4 is 20.4 Å². The lowest BCUT2D eigenvalue weighted by Gasteiger charge is -2.34. The van der Waals surface area contributed by atoms with Crippen molar-refractivity contribution < 1.29 is 4.68 Å². The topological polar surface area (TPSA) is 12.0 Å². The molecule has 4 heteroatoms. The van der Waals surface area contributed by atoms with Gasteiger partial charge in [-0.25, -0.2) is 4.68 Å². The number of aromatic nitrogens is 2. The number of fused-ring (bicyclic) bond motifs is 11. The Labute approximate surface area is 174 Å². The molecule has 0 fully saturated rings. The zero-order valence-corrected chi connectivity index (χ0v) is 16.3. The third-order valence-electron chi connectivity index (χ3n) is 7.04. The van der Waals surface area contributed by atoms with Gasteiger partial charge in [-0.15, -0.1) is 4.68 Å². The molecule has 5 aromatic rings. The maximum Gasteiger partial charge on any atom is 0.452 e. The summed E-state index contributed by atoms with van der Waals surface area (Å²) in [4.78, 5) is 2.58. The molecule has 4 aromatic carbocycles. The minimum Gasteiger partial charge on any atom is -0.279 e. The number of hydrogen-bond acceptors (Lipinski definition) is 1. The van der Waals surface area contributed by atoms with E-state index in [4.69, 9.17) is 0 Å². The van der Waals surface area contributed by atoms with Crippen LogP contribution in [0.5, 0.6) is 0 Å². The Morgan fingerprint density at radius 2 is 1.47 bits per heavy atom. The quantitative estimate of drug-likeness (QED) is 0.289. The van der Waals surface area contributed by atoms with Crippen molar-refractivity contribution in [3.8, 4) is 16.8 Å². The predicted molar refractivity (Wildman–Crippen MR) is 122 cm³/mol. The number of anilines is 2. The standard InChI is InChI=1S/C26H17BN3/c1-4-12-21-18(9-1)19-10-2-6-15-24(19)29-26-20-11-3-5-14-23(20)28-16-17-8-7-13-22(27(21)29)25(17)30(26)28/h1-15H,16H2/q+1. The van der Waals surface area contributed by atoms with Crippen LogP contribution in [0.1, 0.15) is 5.56 Å². The lowest BCUT2D eigenvalue weighted by atomic mass is 9.44. The molecule has 8 rings (SSSR count). The zero-order chi connectivity index (χ0) is 19.4. The Hall–Kier alpha value is -3.79. The smallest absolute Gasteiger partial charge is 0.279 e. The van der Waals surface area contributed by atoms with E-state index in [1.807, 2.05) is 0 Å². The number of rotatable bonds is 0. The van der Waals surface area contributed by atoms with Gasteiger partial charge < -0.3 is 0 Å². The van der Waals surface area contributed by atoms with Crippen molar-refractivity contribution in [1.82, 2.24) is 4.68 Å². The molecule has 0 saturated heterocycles. The third kappa shape index (κ3) is 1.57. The Bertz CT molecular complexity index is 1550. The summed E-state index contributed by atoms with van der Waals surface area (Å²) in [6.45, 7) is 1.11. The Balaban J connectivity index is 1.61. The fourth-order valence-electron chi connectivity index (χ4n) is 5.93. The summed E-state index contributed by atoms with van der Waals surface area (Å²) in [6, 6.07) is 33.5. The van der Waals surface area contributed by atoms with Crippen LogP contribution in [0.4, 0.5) is 11.5 Å². The highest BCUT2D eigenvalue weighted by Gasteiger charge is 2.53. The molecule has 3 nitrogen and oxygen atoms in total. The molecular formula is C26H17BN3+. The van der Waals surface area contributed by atoms with Crippen LogP contribution in [-0.2, 0) is 6.54 Å². The lowest BCUT2D eigenvalue weighted by Crippen LogP contribution is -2.66. The average Bonchev–Trinajstić information content (AvgIpc) is 3.34. The Morgan fingerprint density at radius 1 is 0.700 bits per heavy atom. The largest absolute Gasteiger partial charge is 0.452 e. The average molecular weight is 382 g/mol.